The number of hydrogen-bond donors (Lipinski definition) is 1. The van der Waals surface area contributed by atoms with E-state index < -0.39 is 0 Å². The van der Waals surface area contributed by atoms with Gasteiger partial charge in [-0.15, -0.1) is 0 Å². The van der Waals surface area contributed by atoms with E-state index in [2.05, 4.69) is 76.1 Å². The van der Waals surface area contributed by atoms with Crippen molar-refractivity contribution >= 4 is 0 Å². The quantitative estimate of drug-likeness (QED) is 0.753. The SMILES string of the molecule is CC(C)NCc1ccc(OCCN(C)C(C)C(C)C)cc1. The predicted molar refractivity (Wildman–Crippen MR) is 90.8 cm³/mol. The molecule has 1 N–H and O–H groups in total. The van der Waals surface area contributed by atoms with E-state index in [9.17, 15) is 0 Å². The van der Waals surface area contributed by atoms with Gasteiger partial charge in [0.2, 0.25) is 0 Å². The van der Waals surface area contributed by atoms with Crippen LogP contribution >= 0.6 is 0 Å². The summed E-state index contributed by atoms with van der Waals surface area (Å²) in [5, 5.41) is 3.41. The van der Waals surface area contributed by atoms with Crippen molar-refractivity contribution in [2.24, 2.45) is 5.92 Å². The van der Waals surface area contributed by atoms with Crippen LogP contribution < -0.4 is 10.1 Å². The van der Waals surface area contributed by atoms with E-state index in [0.29, 0.717) is 18.0 Å². The van der Waals surface area contributed by atoms with E-state index in [1.165, 1.54) is 5.56 Å². The molecule has 0 bridgehead atoms. The van der Waals surface area contributed by atoms with Crippen LogP contribution in [0.4, 0.5) is 0 Å². The Hall–Kier alpha value is -1.06. The van der Waals surface area contributed by atoms with E-state index in [-0.39, 0.29) is 0 Å². The van der Waals surface area contributed by atoms with Gasteiger partial charge in [0.25, 0.3) is 0 Å². The van der Waals surface area contributed by atoms with Gasteiger partial charge in [-0.2, -0.15) is 0 Å². The number of benzene rings is 1. The summed E-state index contributed by atoms with van der Waals surface area (Å²) in [5.74, 6) is 1.62. The Morgan fingerprint density at radius 1 is 1.05 bits per heavy atom. The molecule has 3 heteroatoms. The zero-order valence-electron chi connectivity index (χ0n) is 14.5. The fourth-order valence-corrected chi connectivity index (χ4v) is 2.05. The smallest absolute Gasteiger partial charge is 0.119 e. The number of hydrogen-bond acceptors (Lipinski definition) is 3. The van der Waals surface area contributed by atoms with Crippen LogP contribution in [0.2, 0.25) is 0 Å². The molecular weight excluding hydrogens is 260 g/mol. The lowest BCUT2D eigenvalue weighted by Crippen LogP contribution is -2.36. The van der Waals surface area contributed by atoms with Crippen LogP contribution in [-0.4, -0.2) is 37.2 Å². The Morgan fingerprint density at radius 2 is 1.67 bits per heavy atom. The van der Waals surface area contributed by atoms with E-state index >= 15 is 0 Å². The average molecular weight is 292 g/mol. The summed E-state index contributed by atoms with van der Waals surface area (Å²) in [4.78, 5) is 2.35. The molecule has 0 spiro atoms. The fraction of sp³-hybridized carbons (Fsp3) is 0.667. The normalized spacial score (nSPS) is 13.2. The van der Waals surface area contributed by atoms with Crippen LogP contribution in [0.5, 0.6) is 5.75 Å². The summed E-state index contributed by atoms with van der Waals surface area (Å²) >= 11 is 0. The predicted octanol–water partition coefficient (Wildman–Crippen LogP) is 3.54. The van der Waals surface area contributed by atoms with Gasteiger partial charge in [0.05, 0.1) is 0 Å². The molecule has 1 rings (SSSR count). The van der Waals surface area contributed by atoms with Gasteiger partial charge in [-0.3, -0.25) is 0 Å². The third-order valence-electron chi connectivity index (χ3n) is 4.01. The number of likely N-dealkylation sites (N-methyl/N-ethyl adjacent to an activating group) is 1. The van der Waals surface area contributed by atoms with Gasteiger partial charge in [-0.05, 0) is 37.6 Å². The molecule has 1 aromatic rings. The molecule has 0 fully saturated rings. The van der Waals surface area contributed by atoms with Gasteiger partial charge in [0, 0.05) is 25.2 Å². The highest BCUT2D eigenvalue weighted by molar-refractivity contribution is 5.27. The lowest BCUT2D eigenvalue weighted by molar-refractivity contribution is 0.170. The summed E-state index contributed by atoms with van der Waals surface area (Å²) in [5.41, 5.74) is 1.29. The highest BCUT2D eigenvalue weighted by Gasteiger charge is 2.12. The number of nitrogens with zero attached hydrogens (tertiary/aromatic N) is 1. The standard InChI is InChI=1S/C18H32N2O/c1-14(2)16(5)20(6)11-12-21-18-9-7-17(8-10-18)13-19-15(3)4/h7-10,14-16,19H,11-13H2,1-6H3. The summed E-state index contributed by atoms with van der Waals surface area (Å²) in [6, 6.07) is 9.47. The molecule has 0 heterocycles. The van der Waals surface area contributed by atoms with Crippen LogP contribution in [0.15, 0.2) is 24.3 Å². The van der Waals surface area contributed by atoms with Crippen LogP contribution in [0.1, 0.15) is 40.2 Å². The van der Waals surface area contributed by atoms with Crippen molar-refractivity contribution in [3.63, 3.8) is 0 Å². The Kier molecular flexibility index (Phi) is 7.76. The maximum Gasteiger partial charge on any atom is 0.119 e. The maximum atomic E-state index is 5.83. The van der Waals surface area contributed by atoms with Crippen molar-refractivity contribution in [3.05, 3.63) is 29.8 Å². The van der Waals surface area contributed by atoms with Crippen LogP contribution in [0, 0.1) is 5.92 Å². The molecular formula is C18H32N2O. The molecule has 1 aromatic carbocycles. The van der Waals surface area contributed by atoms with E-state index in [1.54, 1.807) is 0 Å². The summed E-state index contributed by atoms with van der Waals surface area (Å²) in [7, 11) is 2.16. The van der Waals surface area contributed by atoms with Crippen LogP contribution in [0.25, 0.3) is 0 Å². The molecule has 0 aromatic heterocycles. The fourth-order valence-electron chi connectivity index (χ4n) is 2.05. The molecule has 0 aliphatic rings. The van der Waals surface area contributed by atoms with Gasteiger partial charge in [0.1, 0.15) is 12.4 Å². The number of rotatable bonds is 9. The summed E-state index contributed by atoms with van der Waals surface area (Å²) < 4.78 is 5.83. The molecule has 0 aliphatic carbocycles. The molecule has 0 saturated carbocycles. The largest absolute Gasteiger partial charge is 0.492 e. The molecule has 120 valence electrons. The third-order valence-corrected chi connectivity index (χ3v) is 4.01. The minimum absolute atomic E-state index is 0.513. The Bertz CT molecular complexity index is 387. The zero-order chi connectivity index (χ0) is 15.8. The second kappa shape index (κ2) is 9.06. The second-order valence-corrected chi connectivity index (χ2v) is 6.49. The van der Waals surface area contributed by atoms with Crippen LogP contribution in [-0.2, 0) is 6.54 Å². The van der Waals surface area contributed by atoms with E-state index in [1.807, 2.05) is 0 Å². The minimum Gasteiger partial charge on any atom is -0.492 e. The topological polar surface area (TPSA) is 24.5 Å². The van der Waals surface area contributed by atoms with E-state index in [0.717, 1.165) is 25.4 Å². The summed E-state index contributed by atoms with van der Waals surface area (Å²) in [6.45, 7) is 13.7. The number of nitrogens with one attached hydrogen (secondary N) is 1. The lowest BCUT2D eigenvalue weighted by atomic mass is 10.1. The monoisotopic (exact) mass is 292 g/mol. The molecule has 21 heavy (non-hydrogen) atoms. The first-order valence-corrected chi connectivity index (χ1v) is 8.05. The van der Waals surface area contributed by atoms with Gasteiger partial charge >= 0.3 is 0 Å². The zero-order valence-corrected chi connectivity index (χ0v) is 14.5. The highest BCUT2D eigenvalue weighted by atomic mass is 16.5. The lowest BCUT2D eigenvalue weighted by Gasteiger charge is -2.27. The van der Waals surface area contributed by atoms with Gasteiger partial charge < -0.3 is 15.0 Å². The Labute approximate surface area is 130 Å². The average Bonchev–Trinajstić information content (AvgIpc) is 2.45. The molecule has 0 amide bonds. The first-order chi connectivity index (χ1) is 9.90. The van der Waals surface area contributed by atoms with Crippen LogP contribution in [0.3, 0.4) is 0 Å². The summed E-state index contributed by atoms with van der Waals surface area (Å²) in [6.07, 6.45) is 0. The van der Waals surface area contributed by atoms with E-state index in [4.69, 9.17) is 4.74 Å². The molecule has 3 nitrogen and oxygen atoms in total. The van der Waals surface area contributed by atoms with Crippen molar-refractivity contribution in [2.45, 2.75) is 53.2 Å². The van der Waals surface area contributed by atoms with Gasteiger partial charge in [-0.1, -0.05) is 39.8 Å². The molecule has 0 radical (unpaired) electrons. The second-order valence-electron chi connectivity index (χ2n) is 6.49. The Balaban J connectivity index is 2.32. The van der Waals surface area contributed by atoms with Crippen molar-refractivity contribution in [2.75, 3.05) is 20.2 Å². The first-order valence-electron chi connectivity index (χ1n) is 8.05. The first kappa shape index (κ1) is 18.0. The van der Waals surface area contributed by atoms with Crippen molar-refractivity contribution < 1.29 is 4.74 Å². The van der Waals surface area contributed by atoms with Crippen molar-refractivity contribution in [1.82, 2.24) is 10.2 Å². The maximum absolute atomic E-state index is 5.83. The van der Waals surface area contributed by atoms with Gasteiger partial charge in [-0.25, -0.2) is 0 Å². The molecule has 0 saturated heterocycles. The molecule has 0 aliphatic heterocycles. The van der Waals surface area contributed by atoms with Crippen molar-refractivity contribution in [1.29, 1.82) is 0 Å². The van der Waals surface area contributed by atoms with Gasteiger partial charge in [0.15, 0.2) is 0 Å². The minimum atomic E-state index is 0.513. The highest BCUT2D eigenvalue weighted by Crippen LogP contribution is 2.13. The van der Waals surface area contributed by atoms with Crippen molar-refractivity contribution in [3.8, 4) is 5.75 Å². The number of ether oxygens (including phenoxy) is 1. The third kappa shape index (κ3) is 6.96. The molecule has 1 atom stereocenters. The Morgan fingerprint density at radius 3 is 2.19 bits per heavy atom. The molecule has 1 unspecified atom stereocenters.